The summed E-state index contributed by atoms with van der Waals surface area (Å²) in [5.74, 6) is -2.97. The van der Waals surface area contributed by atoms with E-state index in [4.69, 9.17) is 11.5 Å². The van der Waals surface area contributed by atoms with E-state index in [9.17, 15) is 29.2 Å². The van der Waals surface area contributed by atoms with E-state index in [0.717, 1.165) is 19.3 Å². The average molecular weight is 682 g/mol. The zero-order chi connectivity index (χ0) is 35.5. The van der Waals surface area contributed by atoms with E-state index >= 15 is 0 Å². The van der Waals surface area contributed by atoms with Crippen LogP contribution in [0.4, 0.5) is 0 Å². The molecular weight excluding hydrogens is 615 g/mol. The molecule has 12 nitrogen and oxygen atoms in total. The second-order valence-electron chi connectivity index (χ2n) is 13.0. The van der Waals surface area contributed by atoms with Gasteiger partial charge in [0.1, 0.15) is 12.1 Å². The first kappa shape index (κ1) is 45.0. The number of hydrogen-bond donors (Lipinski definition) is 8. The van der Waals surface area contributed by atoms with Crippen LogP contribution in [0.15, 0.2) is 0 Å². The molecule has 271 valence electrons. The first-order valence-corrected chi connectivity index (χ1v) is 18.6. The summed E-state index contributed by atoms with van der Waals surface area (Å²) in [5.41, 5.74) is 11.1. The highest BCUT2D eigenvalue weighted by Crippen LogP contribution is 2.13. The van der Waals surface area contributed by atoms with Crippen molar-refractivity contribution in [3.63, 3.8) is 0 Å². The van der Waals surface area contributed by atoms with Crippen molar-refractivity contribution in [1.29, 1.82) is 0 Å². The Bertz CT molecular complexity index is 869. The van der Waals surface area contributed by atoms with Crippen molar-refractivity contribution in [2.45, 2.75) is 172 Å². The summed E-state index contributed by atoms with van der Waals surface area (Å²) < 4.78 is 0. The summed E-state index contributed by atoms with van der Waals surface area (Å²) in [7, 11) is 1.48. The lowest BCUT2D eigenvalue weighted by molar-refractivity contribution is -0.134. The highest BCUT2D eigenvalue weighted by atomic mass is 28.1. The molecule has 0 aromatic carbocycles. The molecule has 0 aliphatic carbocycles. The molecule has 47 heavy (non-hydrogen) atoms. The largest absolute Gasteiger partial charge is 0.475 e. The van der Waals surface area contributed by atoms with Gasteiger partial charge in [0.05, 0.1) is 21.3 Å². The molecule has 0 heterocycles. The van der Waals surface area contributed by atoms with Gasteiger partial charge in [-0.3, -0.25) is 19.2 Å². The number of amides is 4. The standard InChI is InChI=1S/C33H66BN6O6Si/c1-4-5-6-7-8-9-10-11-12-13-14-15-16-23-29(41)38-27(21-17-19-24-35)31(43)37-26(2)30(42)40-33(3,47)32(44)39-28(34(45)46)22-18-20-25-36/h26-28,45-46H,4-25,35-36H2,1-3H3,(H,37,43)(H,38,41)(H,39,44)(H,40,42)/t26-,27-,28-,33+/m0/s1. The van der Waals surface area contributed by atoms with Crippen molar-refractivity contribution in [3.8, 4) is 0 Å². The maximum absolute atomic E-state index is 13.1. The maximum atomic E-state index is 13.1. The Hall–Kier alpha value is -2.00. The smallest absolute Gasteiger partial charge is 0.426 e. The molecule has 4 amide bonds. The van der Waals surface area contributed by atoms with Crippen molar-refractivity contribution >= 4 is 41.0 Å². The Morgan fingerprint density at radius 3 is 1.68 bits per heavy atom. The molecule has 0 aliphatic rings. The Morgan fingerprint density at radius 2 is 1.19 bits per heavy atom. The zero-order valence-electron chi connectivity index (χ0n) is 29.5. The Balaban J connectivity index is 4.70. The van der Waals surface area contributed by atoms with Gasteiger partial charge in [-0.25, -0.2) is 0 Å². The number of unbranched alkanes of at least 4 members (excludes halogenated alkanes) is 14. The fourth-order valence-electron chi connectivity index (χ4n) is 5.24. The van der Waals surface area contributed by atoms with Crippen molar-refractivity contribution in [1.82, 2.24) is 21.3 Å². The third-order valence-electron chi connectivity index (χ3n) is 8.33. The predicted molar refractivity (Wildman–Crippen MR) is 190 cm³/mol. The van der Waals surface area contributed by atoms with E-state index in [-0.39, 0.29) is 5.91 Å². The van der Waals surface area contributed by atoms with Gasteiger partial charge in [-0.15, -0.1) is 0 Å². The maximum Gasteiger partial charge on any atom is 0.475 e. The van der Waals surface area contributed by atoms with Gasteiger partial charge in [-0.2, -0.15) is 0 Å². The van der Waals surface area contributed by atoms with E-state index in [1.165, 1.54) is 78.1 Å². The molecule has 3 radical (unpaired) electrons. The number of nitrogens with two attached hydrogens (primary N) is 2. The van der Waals surface area contributed by atoms with Crippen LogP contribution in [-0.4, -0.2) is 87.3 Å². The van der Waals surface area contributed by atoms with Crippen LogP contribution in [0, 0.1) is 0 Å². The SMILES string of the molecule is CCCCCCCCCCCCCCCC(=O)N[C@@H](CCCCN)C(=O)N[C@@H](C)C(=O)N[C@](C)([Si])C(=O)N[C@@H](CCCCN)B(O)O. The van der Waals surface area contributed by atoms with Crippen molar-refractivity contribution in [2.24, 2.45) is 11.5 Å². The number of hydrogen-bond acceptors (Lipinski definition) is 8. The summed E-state index contributed by atoms with van der Waals surface area (Å²) in [6.45, 7) is 6.02. The molecule has 0 aromatic heterocycles. The van der Waals surface area contributed by atoms with Crippen LogP contribution in [0.25, 0.3) is 0 Å². The van der Waals surface area contributed by atoms with Gasteiger partial charge in [-0.1, -0.05) is 90.4 Å². The lowest BCUT2D eigenvalue weighted by atomic mass is 9.76. The van der Waals surface area contributed by atoms with E-state index in [2.05, 4.69) is 38.4 Å². The summed E-state index contributed by atoms with van der Waals surface area (Å²) in [5, 5.41) is 28.2. The molecule has 0 bridgehead atoms. The van der Waals surface area contributed by atoms with Crippen LogP contribution in [0.1, 0.15) is 149 Å². The lowest BCUT2D eigenvalue weighted by Gasteiger charge is -2.30. The quantitative estimate of drug-likeness (QED) is 0.0415. The monoisotopic (exact) mass is 681 g/mol. The van der Waals surface area contributed by atoms with Gasteiger partial charge in [0.15, 0.2) is 0 Å². The second-order valence-corrected chi connectivity index (χ2v) is 14.0. The van der Waals surface area contributed by atoms with Gasteiger partial charge in [0, 0.05) is 6.42 Å². The molecule has 0 aromatic rings. The van der Waals surface area contributed by atoms with E-state index in [1.54, 1.807) is 0 Å². The zero-order valence-corrected chi connectivity index (χ0v) is 30.5. The van der Waals surface area contributed by atoms with Crippen LogP contribution in [0.5, 0.6) is 0 Å². The molecule has 0 spiro atoms. The Morgan fingerprint density at radius 1 is 0.702 bits per heavy atom. The van der Waals surface area contributed by atoms with Crippen molar-refractivity contribution in [3.05, 3.63) is 0 Å². The number of carbonyl (C=O) groups excluding carboxylic acids is 4. The van der Waals surface area contributed by atoms with E-state index < -0.39 is 48.0 Å². The van der Waals surface area contributed by atoms with Crippen LogP contribution < -0.4 is 32.7 Å². The van der Waals surface area contributed by atoms with Crippen molar-refractivity contribution in [2.75, 3.05) is 13.1 Å². The fourth-order valence-corrected chi connectivity index (χ4v) is 5.43. The summed E-state index contributed by atoms with van der Waals surface area (Å²) in [6, 6.07) is -1.84. The predicted octanol–water partition coefficient (Wildman–Crippen LogP) is 2.21. The first-order chi connectivity index (χ1) is 22.4. The molecule has 0 fully saturated rings. The molecule has 0 rings (SSSR count). The van der Waals surface area contributed by atoms with Crippen LogP contribution in [0.3, 0.4) is 0 Å². The van der Waals surface area contributed by atoms with Gasteiger partial charge >= 0.3 is 7.12 Å². The number of nitrogens with one attached hydrogen (secondary N) is 4. The second kappa shape index (κ2) is 27.9. The minimum atomic E-state index is -1.79. The van der Waals surface area contributed by atoms with Gasteiger partial charge in [0.25, 0.3) is 0 Å². The Labute approximate surface area is 288 Å². The normalized spacial score (nSPS) is 14.4. The summed E-state index contributed by atoms with van der Waals surface area (Å²) in [4.78, 5) is 51.6. The number of carbonyl (C=O) groups is 4. The minimum Gasteiger partial charge on any atom is -0.426 e. The highest BCUT2D eigenvalue weighted by molar-refractivity contribution is 6.44. The minimum absolute atomic E-state index is 0.199. The molecule has 10 N–H and O–H groups in total. The molecule has 4 atom stereocenters. The fraction of sp³-hybridized carbons (Fsp3) is 0.879. The van der Waals surface area contributed by atoms with Crippen LogP contribution in [0.2, 0.25) is 0 Å². The van der Waals surface area contributed by atoms with Gasteiger partial charge in [0.2, 0.25) is 23.6 Å². The number of rotatable bonds is 30. The molecule has 0 saturated carbocycles. The summed E-state index contributed by atoms with van der Waals surface area (Å²) >= 11 is 0. The lowest BCUT2D eigenvalue weighted by Crippen LogP contribution is -2.63. The van der Waals surface area contributed by atoms with Gasteiger partial charge < -0.3 is 42.8 Å². The summed E-state index contributed by atoms with van der Waals surface area (Å²) in [6.07, 6.45) is 19.4. The van der Waals surface area contributed by atoms with Crippen LogP contribution in [-0.2, 0) is 19.2 Å². The van der Waals surface area contributed by atoms with Crippen molar-refractivity contribution < 1.29 is 29.2 Å². The molecular formula is C33H66BN6O6Si. The molecule has 0 aliphatic heterocycles. The van der Waals surface area contributed by atoms with Gasteiger partial charge in [-0.05, 0) is 65.5 Å². The van der Waals surface area contributed by atoms with Crippen LogP contribution >= 0.6 is 0 Å². The average Bonchev–Trinajstić information content (AvgIpc) is 3.01. The highest BCUT2D eigenvalue weighted by Gasteiger charge is 2.35. The molecule has 0 saturated heterocycles. The first-order valence-electron chi connectivity index (χ1n) is 18.1. The third-order valence-corrected chi connectivity index (χ3v) is 8.68. The molecule has 0 unspecified atom stereocenters. The Kier molecular flexibility index (Phi) is 26.7. The topological polar surface area (TPSA) is 209 Å². The van der Waals surface area contributed by atoms with E-state index in [0.29, 0.717) is 58.0 Å². The van der Waals surface area contributed by atoms with E-state index in [1.807, 2.05) is 0 Å². The third kappa shape index (κ3) is 23.1. The molecule has 14 heteroatoms.